The molecule has 0 saturated heterocycles. The third-order valence-electron chi connectivity index (χ3n) is 2.57. The van der Waals surface area contributed by atoms with E-state index in [9.17, 15) is 13.6 Å². The van der Waals surface area contributed by atoms with E-state index >= 15 is 0 Å². The lowest BCUT2D eigenvalue weighted by Gasteiger charge is -2.07. The SMILES string of the molecule is Cc1nc(CCNC(=O)c2c(F)cc(Br)cc2F)cs1. The van der Waals surface area contributed by atoms with E-state index in [4.69, 9.17) is 0 Å². The van der Waals surface area contributed by atoms with Gasteiger partial charge in [-0.1, -0.05) is 15.9 Å². The topological polar surface area (TPSA) is 42.0 Å². The van der Waals surface area contributed by atoms with E-state index in [0.29, 0.717) is 6.42 Å². The monoisotopic (exact) mass is 360 g/mol. The summed E-state index contributed by atoms with van der Waals surface area (Å²) in [5.41, 5.74) is 0.284. The molecule has 0 radical (unpaired) electrons. The summed E-state index contributed by atoms with van der Waals surface area (Å²) >= 11 is 4.48. The molecule has 0 saturated carbocycles. The molecule has 1 heterocycles. The zero-order chi connectivity index (χ0) is 14.7. The molecule has 0 bridgehead atoms. The van der Waals surface area contributed by atoms with Gasteiger partial charge in [-0.15, -0.1) is 11.3 Å². The van der Waals surface area contributed by atoms with E-state index < -0.39 is 23.1 Å². The molecule has 0 aliphatic carbocycles. The van der Waals surface area contributed by atoms with Gasteiger partial charge in [-0.25, -0.2) is 13.8 Å². The Balaban J connectivity index is 1.98. The second-order valence-corrected chi connectivity index (χ2v) is 6.09. The molecular weight excluding hydrogens is 350 g/mol. The zero-order valence-corrected chi connectivity index (χ0v) is 12.9. The van der Waals surface area contributed by atoms with Crippen LogP contribution < -0.4 is 5.32 Å². The van der Waals surface area contributed by atoms with Gasteiger partial charge in [-0.3, -0.25) is 4.79 Å². The first kappa shape index (κ1) is 15.1. The molecule has 0 unspecified atom stereocenters. The molecule has 20 heavy (non-hydrogen) atoms. The van der Waals surface area contributed by atoms with Crippen LogP contribution in [-0.2, 0) is 6.42 Å². The summed E-state index contributed by atoms with van der Waals surface area (Å²) in [5.74, 6) is -2.54. The number of rotatable bonds is 4. The third-order valence-corrected chi connectivity index (χ3v) is 3.85. The number of nitrogens with zero attached hydrogens (tertiary/aromatic N) is 1. The second kappa shape index (κ2) is 6.41. The first-order valence-electron chi connectivity index (χ1n) is 5.81. The van der Waals surface area contributed by atoms with Crippen LogP contribution >= 0.6 is 27.3 Å². The van der Waals surface area contributed by atoms with Crippen molar-refractivity contribution in [2.45, 2.75) is 13.3 Å². The Morgan fingerprint density at radius 3 is 2.60 bits per heavy atom. The minimum absolute atomic E-state index is 0.252. The minimum atomic E-state index is -0.890. The molecule has 7 heteroatoms. The Bertz CT molecular complexity index is 622. The van der Waals surface area contributed by atoms with E-state index in [1.54, 1.807) is 0 Å². The van der Waals surface area contributed by atoms with Crippen LogP contribution in [0.3, 0.4) is 0 Å². The van der Waals surface area contributed by atoms with E-state index in [0.717, 1.165) is 22.8 Å². The standard InChI is InChI=1S/C13H11BrF2N2OS/c1-7-18-9(6-20-7)2-3-17-13(19)12-10(15)4-8(14)5-11(12)16/h4-6H,2-3H2,1H3,(H,17,19). The molecule has 2 rings (SSSR count). The van der Waals surface area contributed by atoms with E-state index in [1.807, 2.05) is 12.3 Å². The van der Waals surface area contributed by atoms with Crippen molar-refractivity contribution in [1.82, 2.24) is 10.3 Å². The highest BCUT2D eigenvalue weighted by Crippen LogP contribution is 2.19. The van der Waals surface area contributed by atoms with Gasteiger partial charge in [-0.2, -0.15) is 0 Å². The molecule has 3 nitrogen and oxygen atoms in total. The van der Waals surface area contributed by atoms with Crippen LogP contribution in [0.5, 0.6) is 0 Å². The van der Waals surface area contributed by atoms with Gasteiger partial charge in [0.05, 0.1) is 10.7 Å². The van der Waals surface area contributed by atoms with Crippen molar-refractivity contribution in [3.8, 4) is 0 Å². The van der Waals surface area contributed by atoms with Gasteiger partial charge in [-0.05, 0) is 19.1 Å². The molecule has 0 atom stereocenters. The van der Waals surface area contributed by atoms with Gasteiger partial charge in [0.15, 0.2) is 0 Å². The maximum Gasteiger partial charge on any atom is 0.257 e. The number of aryl methyl sites for hydroxylation is 1. The maximum atomic E-state index is 13.6. The lowest BCUT2D eigenvalue weighted by Crippen LogP contribution is -2.27. The summed E-state index contributed by atoms with van der Waals surface area (Å²) < 4.78 is 27.4. The maximum absolute atomic E-state index is 13.6. The number of carbonyl (C=O) groups is 1. The van der Waals surface area contributed by atoms with Crippen LogP contribution in [0.25, 0.3) is 0 Å². The number of aromatic nitrogens is 1. The minimum Gasteiger partial charge on any atom is -0.351 e. The van der Waals surface area contributed by atoms with Gasteiger partial charge in [0.1, 0.15) is 17.2 Å². The van der Waals surface area contributed by atoms with Crippen LogP contribution in [-0.4, -0.2) is 17.4 Å². The summed E-state index contributed by atoms with van der Waals surface area (Å²) in [6, 6.07) is 2.11. The number of nitrogens with one attached hydrogen (secondary N) is 1. The predicted octanol–water partition coefficient (Wildman–Crippen LogP) is 3.46. The molecule has 1 aromatic heterocycles. The van der Waals surface area contributed by atoms with Gasteiger partial charge in [0, 0.05) is 22.8 Å². The number of carbonyl (C=O) groups excluding carboxylic acids is 1. The van der Waals surface area contributed by atoms with Crippen LogP contribution in [0.4, 0.5) is 8.78 Å². The third kappa shape index (κ3) is 3.61. The highest BCUT2D eigenvalue weighted by Gasteiger charge is 2.17. The second-order valence-electron chi connectivity index (χ2n) is 4.11. The lowest BCUT2D eigenvalue weighted by molar-refractivity contribution is 0.0945. The van der Waals surface area contributed by atoms with Gasteiger partial charge in [0.25, 0.3) is 5.91 Å². The summed E-state index contributed by atoms with van der Waals surface area (Å²) in [6.07, 6.45) is 0.524. The molecule has 1 N–H and O–H groups in total. The van der Waals surface area contributed by atoms with Gasteiger partial charge in [0.2, 0.25) is 0 Å². The van der Waals surface area contributed by atoms with Gasteiger partial charge < -0.3 is 5.32 Å². The zero-order valence-electron chi connectivity index (χ0n) is 10.5. The van der Waals surface area contributed by atoms with Crippen molar-refractivity contribution < 1.29 is 13.6 Å². The molecule has 1 aromatic carbocycles. The smallest absolute Gasteiger partial charge is 0.257 e. The number of halogens is 3. The average molecular weight is 361 g/mol. The van der Waals surface area contributed by atoms with Crippen molar-refractivity contribution in [1.29, 1.82) is 0 Å². The van der Waals surface area contributed by atoms with Crippen LogP contribution in [0.2, 0.25) is 0 Å². The number of hydrogen-bond acceptors (Lipinski definition) is 3. The number of benzene rings is 1. The Hall–Kier alpha value is -1.34. The van der Waals surface area contributed by atoms with Crippen molar-refractivity contribution in [2.75, 3.05) is 6.54 Å². The van der Waals surface area contributed by atoms with E-state index in [2.05, 4.69) is 26.2 Å². The highest BCUT2D eigenvalue weighted by atomic mass is 79.9. The molecular formula is C13H11BrF2N2OS. The van der Waals surface area contributed by atoms with Crippen molar-refractivity contribution in [3.05, 3.63) is 49.9 Å². The fourth-order valence-electron chi connectivity index (χ4n) is 1.67. The quantitative estimate of drug-likeness (QED) is 0.906. The largest absolute Gasteiger partial charge is 0.351 e. The van der Waals surface area contributed by atoms with Crippen molar-refractivity contribution in [3.63, 3.8) is 0 Å². The normalized spacial score (nSPS) is 10.6. The Morgan fingerprint density at radius 1 is 1.40 bits per heavy atom. The van der Waals surface area contributed by atoms with Crippen LogP contribution in [0.15, 0.2) is 22.0 Å². The Kier molecular flexibility index (Phi) is 4.82. The van der Waals surface area contributed by atoms with Crippen LogP contribution in [0, 0.1) is 18.6 Å². The summed E-state index contributed by atoms with van der Waals surface area (Å²) in [7, 11) is 0. The molecule has 1 amide bonds. The predicted molar refractivity (Wildman–Crippen MR) is 76.9 cm³/mol. The summed E-state index contributed by atoms with van der Waals surface area (Å²) in [5, 5.41) is 5.32. The number of hydrogen-bond donors (Lipinski definition) is 1. The fraction of sp³-hybridized carbons (Fsp3) is 0.231. The fourth-order valence-corrected chi connectivity index (χ4v) is 2.72. The Labute approximate surface area is 127 Å². The number of amides is 1. The van der Waals surface area contributed by atoms with E-state index in [-0.39, 0.29) is 11.0 Å². The first-order chi connectivity index (χ1) is 9.47. The first-order valence-corrected chi connectivity index (χ1v) is 7.48. The molecule has 0 aliphatic rings. The molecule has 2 aromatic rings. The molecule has 0 spiro atoms. The summed E-state index contributed by atoms with van der Waals surface area (Å²) in [6.45, 7) is 2.16. The molecule has 0 aliphatic heterocycles. The number of thiazole rings is 1. The Morgan fingerprint density at radius 2 is 2.05 bits per heavy atom. The van der Waals surface area contributed by atoms with Gasteiger partial charge >= 0.3 is 0 Å². The lowest BCUT2D eigenvalue weighted by atomic mass is 10.2. The van der Waals surface area contributed by atoms with E-state index in [1.165, 1.54) is 11.3 Å². The highest BCUT2D eigenvalue weighted by molar-refractivity contribution is 9.10. The van der Waals surface area contributed by atoms with Crippen LogP contribution in [0.1, 0.15) is 21.1 Å². The molecule has 0 fully saturated rings. The average Bonchev–Trinajstić information content (AvgIpc) is 2.73. The van der Waals surface area contributed by atoms with Crippen molar-refractivity contribution >= 4 is 33.2 Å². The van der Waals surface area contributed by atoms with Crippen molar-refractivity contribution in [2.24, 2.45) is 0 Å². The molecule has 106 valence electrons. The summed E-state index contributed by atoms with van der Waals surface area (Å²) in [4.78, 5) is 16.0.